The Bertz CT molecular complexity index is 1520. The number of hydrogen-bond acceptors (Lipinski definition) is 2. The van der Waals surface area contributed by atoms with Gasteiger partial charge in [0.05, 0.1) is 11.2 Å². The number of pyridine rings is 1. The molecule has 3 heterocycles. The van der Waals surface area contributed by atoms with Crippen LogP contribution in [0.5, 0.6) is 0 Å². The summed E-state index contributed by atoms with van der Waals surface area (Å²) in [5.74, 6) is -0.265. The van der Waals surface area contributed by atoms with Crippen LogP contribution < -0.4 is 0 Å². The first kappa shape index (κ1) is 19.7. The van der Waals surface area contributed by atoms with Crippen LogP contribution in [0.1, 0.15) is 12.5 Å². The average molecular weight is 420 g/mol. The SMILES string of the molecule is C=C/C=C\C(=C/C)c1ccc2[nH]nc(-c3cc4c(-c5cccc(F)c5)ccnc4[nH]3)c2c1. The number of nitrogens with zero attached hydrogens (tertiary/aromatic N) is 2. The second kappa shape index (κ2) is 8.12. The Morgan fingerprint density at radius 3 is 2.78 bits per heavy atom. The quantitative estimate of drug-likeness (QED) is 0.299. The van der Waals surface area contributed by atoms with Crippen LogP contribution in [-0.4, -0.2) is 20.2 Å². The van der Waals surface area contributed by atoms with E-state index < -0.39 is 0 Å². The molecular formula is C27H21FN4. The maximum Gasteiger partial charge on any atom is 0.138 e. The van der Waals surface area contributed by atoms with Gasteiger partial charge in [0.2, 0.25) is 0 Å². The molecular weight excluding hydrogens is 399 g/mol. The molecule has 0 atom stereocenters. The van der Waals surface area contributed by atoms with Gasteiger partial charge in [-0.15, -0.1) is 0 Å². The van der Waals surface area contributed by atoms with Crippen LogP contribution in [-0.2, 0) is 0 Å². The molecule has 32 heavy (non-hydrogen) atoms. The van der Waals surface area contributed by atoms with Gasteiger partial charge in [-0.1, -0.05) is 49.1 Å². The van der Waals surface area contributed by atoms with E-state index in [4.69, 9.17) is 0 Å². The highest BCUT2D eigenvalue weighted by molar-refractivity contribution is 6.00. The highest BCUT2D eigenvalue weighted by Crippen LogP contribution is 2.34. The molecule has 0 saturated heterocycles. The van der Waals surface area contributed by atoms with Crippen LogP contribution in [0.2, 0.25) is 0 Å². The summed E-state index contributed by atoms with van der Waals surface area (Å²) in [4.78, 5) is 7.86. The van der Waals surface area contributed by atoms with Gasteiger partial charge in [-0.05, 0) is 65.6 Å². The van der Waals surface area contributed by atoms with E-state index in [1.165, 1.54) is 12.1 Å². The minimum Gasteiger partial charge on any atom is -0.338 e. The molecule has 0 aliphatic heterocycles. The van der Waals surface area contributed by atoms with Crippen molar-refractivity contribution in [2.75, 3.05) is 0 Å². The van der Waals surface area contributed by atoms with Gasteiger partial charge in [0.15, 0.2) is 0 Å². The molecule has 2 N–H and O–H groups in total. The van der Waals surface area contributed by atoms with Crippen molar-refractivity contribution < 1.29 is 4.39 Å². The van der Waals surface area contributed by atoms with Crippen molar-refractivity contribution in [2.24, 2.45) is 0 Å². The van der Waals surface area contributed by atoms with Crippen LogP contribution >= 0.6 is 0 Å². The lowest BCUT2D eigenvalue weighted by atomic mass is 10.0. The number of fused-ring (bicyclic) bond motifs is 2. The first-order valence-corrected chi connectivity index (χ1v) is 10.4. The average Bonchev–Trinajstić information content (AvgIpc) is 3.43. The van der Waals surface area contributed by atoms with Gasteiger partial charge in [-0.2, -0.15) is 5.10 Å². The van der Waals surface area contributed by atoms with Crippen LogP contribution in [0.25, 0.3) is 50.0 Å². The number of allylic oxidation sites excluding steroid dienone is 5. The Morgan fingerprint density at radius 1 is 1.06 bits per heavy atom. The molecule has 5 aromatic rings. The van der Waals surface area contributed by atoms with Gasteiger partial charge < -0.3 is 4.98 Å². The second-order valence-corrected chi connectivity index (χ2v) is 7.49. The molecule has 0 amide bonds. The molecule has 0 saturated carbocycles. The van der Waals surface area contributed by atoms with Crippen LogP contribution in [0.15, 0.2) is 91.7 Å². The van der Waals surface area contributed by atoms with E-state index in [1.807, 2.05) is 43.3 Å². The summed E-state index contributed by atoms with van der Waals surface area (Å²) in [5, 5.41) is 9.61. The molecule has 2 aromatic carbocycles. The first-order valence-electron chi connectivity index (χ1n) is 10.4. The van der Waals surface area contributed by atoms with E-state index in [2.05, 4.69) is 45.0 Å². The van der Waals surface area contributed by atoms with Crippen molar-refractivity contribution in [1.82, 2.24) is 20.2 Å². The predicted octanol–water partition coefficient (Wildman–Crippen LogP) is 7.06. The van der Waals surface area contributed by atoms with Gasteiger partial charge in [-0.25, -0.2) is 9.37 Å². The molecule has 3 aromatic heterocycles. The molecule has 0 spiro atoms. The molecule has 0 radical (unpaired) electrons. The Kier molecular flexibility index (Phi) is 5.00. The minimum atomic E-state index is -0.265. The van der Waals surface area contributed by atoms with Crippen molar-refractivity contribution in [3.63, 3.8) is 0 Å². The lowest BCUT2D eigenvalue weighted by Crippen LogP contribution is -1.83. The zero-order valence-corrected chi connectivity index (χ0v) is 17.6. The number of hydrogen-bond donors (Lipinski definition) is 2. The third-order valence-electron chi connectivity index (χ3n) is 5.54. The second-order valence-electron chi connectivity index (χ2n) is 7.49. The number of benzene rings is 2. The van der Waals surface area contributed by atoms with E-state index in [0.717, 1.165) is 55.6 Å². The van der Waals surface area contributed by atoms with E-state index in [9.17, 15) is 4.39 Å². The van der Waals surface area contributed by atoms with Crippen molar-refractivity contribution in [2.45, 2.75) is 6.92 Å². The highest BCUT2D eigenvalue weighted by atomic mass is 19.1. The molecule has 0 fully saturated rings. The number of aromatic nitrogens is 4. The summed E-state index contributed by atoms with van der Waals surface area (Å²) < 4.78 is 13.8. The number of nitrogens with one attached hydrogen (secondary N) is 2. The molecule has 0 bridgehead atoms. The number of rotatable bonds is 5. The lowest BCUT2D eigenvalue weighted by molar-refractivity contribution is 0.628. The van der Waals surface area contributed by atoms with Crippen LogP contribution in [0.4, 0.5) is 4.39 Å². The Labute approximate surface area is 184 Å². The Balaban J connectivity index is 1.65. The number of aromatic amines is 2. The largest absolute Gasteiger partial charge is 0.338 e. The minimum absolute atomic E-state index is 0.265. The maximum absolute atomic E-state index is 13.8. The van der Waals surface area contributed by atoms with Crippen molar-refractivity contribution in [1.29, 1.82) is 0 Å². The molecule has 4 nitrogen and oxygen atoms in total. The number of H-pyrrole nitrogens is 2. The molecule has 5 heteroatoms. The third kappa shape index (κ3) is 3.44. The Hall–Kier alpha value is -4.25. The van der Waals surface area contributed by atoms with Gasteiger partial charge in [0, 0.05) is 17.0 Å². The molecule has 0 aliphatic carbocycles. The van der Waals surface area contributed by atoms with Crippen molar-refractivity contribution >= 4 is 27.5 Å². The monoisotopic (exact) mass is 420 g/mol. The van der Waals surface area contributed by atoms with Gasteiger partial charge >= 0.3 is 0 Å². The van der Waals surface area contributed by atoms with E-state index in [-0.39, 0.29) is 5.82 Å². The molecule has 0 unspecified atom stereocenters. The Morgan fingerprint density at radius 2 is 1.97 bits per heavy atom. The number of halogens is 1. The van der Waals surface area contributed by atoms with Crippen molar-refractivity contribution in [3.05, 3.63) is 103 Å². The van der Waals surface area contributed by atoms with Crippen LogP contribution in [0, 0.1) is 5.82 Å². The van der Waals surface area contributed by atoms with E-state index in [1.54, 1.807) is 18.3 Å². The fourth-order valence-corrected chi connectivity index (χ4v) is 3.99. The molecule has 5 rings (SSSR count). The fraction of sp³-hybridized carbons (Fsp3) is 0.0370. The van der Waals surface area contributed by atoms with Gasteiger partial charge in [0.25, 0.3) is 0 Å². The van der Waals surface area contributed by atoms with Gasteiger partial charge in [0.1, 0.15) is 17.2 Å². The van der Waals surface area contributed by atoms with Crippen molar-refractivity contribution in [3.8, 4) is 22.5 Å². The van der Waals surface area contributed by atoms with Gasteiger partial charge in [-0.3, -0.25) is 5.10 Å². The maximum atomic E-state index is 13.8. The first-order chi connectivity index (χ1) is 15.7. The topological polar surface area (TPSA) is 57.4 Å². The predicted molar refractivity (Wildman–Crippen MR) is 130 cm³/mol. The zero-order chi connectivity index (χ0) is 22.1. The normalized spacial score (nSPS) is 12.2. The summed E-state index contributed by atoms with van der Waals surface area (Å²) in [6.07, 6.45) is 9.52. The zero-order valence-electron chi connectivity index (χ0n) is 17.6. The standard InChI is InChI=1S/C27H21FN4/c1-3-5-7-17(4-2)18-10-11-24-23(15-18)26(32-31-24)25-16-22-21(12-13-29-27(22)30-25)19-8-6-9-20(28)14-19/h3-16H,1H2,2H3,(H,29,30)(H,31,32)/b7-5-,17-4+. The molecule has 0 aliphatic rings. The highest BCUT2D eigenvalue weighted by Gasteiger charge is 2.15. The molecule has 156 valence electrons. The van der Waals surface area contributed by atoms with E-state index >= 15 is 0 Å². The third-order valence-corrected chi connectivity index (χ3v) is 5.54. The fourth-order valence-electron chi connectivity index (χ4n) is 3.99. The summed E-state index contributed by atoms with van der Waals surface area (Å²) in [7, 11) is 0. The summed E-state index contributed by atoms with van der Waals surface area (Å²) in [6, 6.07) is 16.8. The summed E-state index contributed by atoms with van der Waals surface area (Å²) in [5.41, 5.74) is 7.27. The summed E-state index contributed by atoms with van der Waals surface area (Å²) in [6.45, 7) is 5.77. The van der Waals surface area contributed by atoms with E-state index in [0.29, 0.717) is 0 Å². The smallest absolute Gasteiger partial charge is 0.138 e. The summed E-state index contributed by atoms with van der Waals surface area (Å²) >= 11 is 0. The van der Waals surface area contributed by atoms with Crippen LogP contribution in [0.3, 0.4) is 0 Å². The lowest BCUT2D eigenvalue weighted by Gasteiger charge is -2.03.